The van der Waals surface area contributed by atoms with Gasteiger partial charge in [-0.1, -0.05) is 19.9 Å². The van der Waals surface area contributed by atoms with Crippen molar-refractivity contribution in [2.45, 2.75) is 46.7 Å². The van der Waals surface area contributed by atoms with Gasteiger partial charge in [0.25, 0.3) is 0 Å². The van der Waals surface area contributed by atoms with E-state index in [-0.39, 0.29) is 0 Å². The maximum atomic E-state index is 6.17. The molecule has 7 heteroatoms. The van der Waals surface area contributed by atoms with Crippen molar-refractivity contribution in [1.82, 2.24) is 24.8 Å². The fourth-order valence-corrected chi connectivity index (χ4v) is 4.95. The first-order valence-electron chi connectivity index (χ1n) is 12.3. The molecule has 182 valence electrons. The Balaban J connectivity index is 1.53. The predicted molar refractivity (Wildman–Crippen MR) is 141 cm³/mol. The molecule has 0 unspecified atom stereocenters. The van der Waals surface area contributed by atoms with Gasteiger partial charge in [-0.05, 0) is 63.7 Å². The molecule has 0 saturated heterocycles. The summed E-state index contributed by atoms with van der Waals surface area (Å²) < 4.78 is 6.17. The molecule has 5 rings (SSSR count). The summed E-state index contributed by atoms with van der Waals surface area (Å²) in [5.74, 6) is 3.14. The van der Waals surface area contributed by atoms with Crippen LogP contribution in [0.1, 0.15) is 48.1 Å². The van der Waals surface area contributed by atoms with Crippen LogP contribution in [0.15, 0.2) is 36.5 Å². The smallest absolute Gasteiger partial charge is 0.144 e. The van der Waals surface area contributed by atoms with Crippen LogP contribution in [0.2, 0.25) is 0 Å². The Hall–Kier alpha value is -3.45. The number of nitrogens with zero attached hydrogens (tertiary/aromatic N) is 5. The van der Waals surface area contributed by atoms with Gasteiger partial charge < -0.3 is 19.5 Å². The Morgan fingerprint density at radius 2 is 1.91 bits per heavy atom. The number of aryl methyl sites for hydroxylation is 2. The summed E-state index contributed by atoms with van der Waals surface area (Å²) in [6, 6.07) is 10.7. The summed E-state index contributed by atoms with van der Waals surface area (Å²) in [4.78, 5) is 22.4. The lowest BCUT2D eigenvalue weighted by molar-refractivity contribution is 0.331. The summed E-state index contributed by atoms with van der Waals surface area (Å²) in [7, 11) is 4.10. The second-order valence-electron chi connectivity index (χ2n) is 10.1. The van der Waals surface area contributed by atoms with Gasteiger partial charge in [0.2, 0.25) is 0 Å². The number of rotatable bonds is 5. The quantitative estimate of drug-likeness (QED) is 0.431. The highest BCUT2D eigenvalue weighted by Gasteiger charge is 2.24. The first-order valence-corrected chi connectivity index (χ1v) is 12.3. The Morgan fingerprint density at radius 1 is 1.09 bits per heavy atom. The van der Waals surface area contributed by atoms with Crippen molar-refractivity contribution in [3.63, 3.8) is 0 Å². The molecule has 0 spiro atoms. The fourth-order valence-electron chi connectivity index (χ4n) is 4.95. The number of hydrogen-bond donors (Lipinski definition) is 1. The summed E-state index contributed by atoms with van der Waals surface area (Å²) in [6.45, 7) is 11.4. The van der Waals surface area contributed by atoms with Crippen molar-refractivity contribution in [3.8, 4) is 16.9 Å². The molecule has 0 bridgehead atoms. The lowest BCUT2D eigenvalue weighted by Gasteiger charge is -2.27. The van der Waals surface area contributed by atoms with E-state index in [1.807, 2.05) is 20.3 Å². The van der Waals surface area contributed by atoms with Gasteiger partial charge in [0.05, 0.1) is 24.1 Å². The molecule has 4 heterocycles. The first kappa shape index (κ1) is 23.3. The SMILES string of the molecule is Cc1cc2ncc(-c3ccc4c(c3)CN(c3nc(CN(C)C)nc(C)c3C(C)C)CCO4)cc2[nH]1. The van der Waals surface area contributed by atoms with E-state index < -0.39 is 0 Å². The third kappa shape index (κ3) is 4.73. The largest absolute Gasteiger partial charge is 0.491 e. The minimum absolute atomic E-state index is 0.329. The van der Waals surface area contributed by atoms with Gasteiger partial charge in [-0.3, -0.25) is 4.98 Å². The number of nitrogens with one attached hydrogen (secondary N) is 1. The summed E-state index contributed by atoms with van der Waals surface area (Å²) in [5.41, 5.74) is 8.81. The van der Waals surface area contributed by atoms with Crippen LogP contribution in [-0.2, 0) is 13.1 Å². The zero-order valence-corrected chi connectivity index (χ0v) is 21.5. The number of pyridine rings is 1. The van der Waals surface area contributed by atoms with Crippen LogP contribution in [0, 0.1) is 13.8 Å². The third-order valence-electron chi connectivity index (χ3n) is 6.47. The summed E-state index contributed by atoms with van der Waals surface area (Å²) in [6.07, 6.45) is 1.95. The molecular weight excluding hydrogens is 436 g/mol. The van der Waals surface area contributed by atoms with Crippen molar-refractivity contribution < 1.29 is 4.74 Å². The van der Waals surface area contributed by atoms with E-state index in [4.69, 9.17) is 14.7 Å². The van der Waals surface area contributed by atoms with Crippen LogP contribution < -0.4 is 9.64 Å². The molecule has 1 aliphatic rings. The van der Waals surface area contributed by atoms with Crippen molar-refractivity contribution in [3.05, 3.63) is 64.9 Å². The minimum Gasteiger partial charge on any atom is -0.491 e. The predicted octanol–water partition coefficient (Wildman–Crippen LogP) is 5.22. The van der Waals surface area contributed by atoms with Gasteiger partial charge in [0, 0.05) is 40.8 Å². The molecule has 1 aliphatic heterocycles. The number of ether oxygens (including phenoxy) is 1. The number of benzene rings is 1. The average molecular weight is 471 g/mol. The minimum atomic E-state index is 0.329. The van der Waals surface area contributed by atoms with E-state index in [0.717, 1.165) is 69.6 Å². The first-order chi connectivity index (χ1) is 16.8. The molecule has 7 nitrogen and oxygen atoms in total. The van der Waals surface area contributed by atoms with Gasteiger partial charge in [-0.15, -0.1) is 0 Å². The standard InChI is InChI=1S/C28H34N6O/c1-17(2)27-19(4)31-26(16-33(5)6)32-28(27)34-9-10-35-25-8-7-20(12-22(25)15-34)21-13-24-23(29-14-21)11-18(3)30-24/h7-8,11-14,17,30H,9-10,15-16H2,1-6H3. The van der Waals surface area contributed by atoms with Gasteiger partial charge in [-0.25, -0.2) is 9.97 Å². The number of aromatic amines is 1. The molecule has 1 aromatic carbocycles. The zero-order valence-electron chi connectivity index (χ0n) is 21.5. The van der Waals surface area contributed by atoms with E-state index in [2.05, 4.69) is 77.8 Å². The van der Waals surface area contributed by atoms with E-state index >= 15 is 0 Å². The second kappa shape index (κ2) is 9.30. The normalized spacial score (nSPS) is 13.9. The van der Waals surface area contributed by atoms with Gasteiger partial charge >= 0.3 is 0 Å². The van der Waals surface area contributed by atoms with Crippen LogP contribution in [0.3, 0.4) is 0 Å². The lowest BCUT2D eigenvalue weighted by Crippen LogP contribution is -2.29. The molecule has 0 radical (unpaired) electrons. The molecule has 1 N–H and O–H groups in total. The molecule has 0 saturated carbocycles. The van der Waals surface area contributed by atoms with E-state index in [9.17, 15) is 0 Å². The monoisotopic (exact) mass is 470 g/mol. The number of aromatic nitrogens is 4. The van der Waals surface area contributed by atoms with Crippen molar-refractivity contribution in [2.75, 3.05) is 32.1 Å². The Kier molecular flexibility index (Phi) is 6.19. The number of fused-ring (bicyclic) bond motifs is 2. The third-order valence-corrected chi connectivity index (χ3v) is 6.47. The zero-order chi connectivity index (χ0) is 24.7. The molecular formula is C28H34N6O. The average Bonchev–Trinajstić information content (AvgIpc) is 3.03. The number of anilines is 1. The maximum Gasteiger partial charge on any atom is 0.144 e. The molecule has 0 aliphatic carbocycles. The van der Waals surface area contributed by atoms with E-state index in [0.29, 0.717) is 19.1 Å². The molecule has 0 amide bonds. The highest BCUT2D eigenvalue weighted by Crippen LogP contribution is 2.34. The van der Waals surface area contributed by atoms with Crippen molar-refractivity contribution in [1.29, 1.82) is 0 Å². The van der Waals surface area contributed by atoms with Gasteiger partial charge in [0.1, 0.15) is 24.0 Å². The fraction of sp³-hybridized carbons (Fsp3) is 0.393. The Bertz CT molecular complexity index is 1370. The maximum absolute atomic E-state index is 6.17. The van der Waals surface area contributed by atoms with Crippen molar-refractivity contribution in [2.24, 2.45) is 0 Å². The molecule has 4 aromatic rings. The van der Waals surface area contributed by atoms with Gasteiger partial charge in [0.15, 0.2) is 0 Å². The van der Waals surface area contributed by atoms with Crippen LogP contribution in [0.25, 0.3) is 22.2 Å². The highest BCUT2D eigenvalue weighted by atomic mass is 16.5. The van der Waals surface area contributed by atoms with E-state index in [1.165, 1.54) is 5.56 Å². The van der Waals surface area contributed by atoms with E-state index in [1.54, 1.807) is 0 Å². The van der Waals surface area contributed by atoms with Crippen LogP contribution in [0.4, 0.5) is 5.82 Å². The lowest BCUT2D eigenvalue weighted by atomic mass is 10.0. The van der Waals surface area contributed by atoms with Crippen molar-refractivity contribution >= 4 is 16.9 Å². The molecule has 35 heavy (non-hydrogen) atoms. The number of hydrogen-bond acceptors (Lipinski definition) is 6. The Morgan fingerprint density at radius 3 is 2.69 bits per heavy atom. The van der Waals surface area contributed by atoms with Crippen LogP contribution in [-0.4, -0.2) is 52.1 Å². The van der Waals surface area contributed by atoms with Gasteiger partial charge in [-0.2, -0.15) is 0 Å². The number of H-pyrrole nitrogens is 1. The summed E-state index contributed by atoms with van der Waals surface area (Å²) >= 11 is 0. The molecule has 0 atom stereocenters. The highest BCUT2D eigenvalue weighted by molar-refractivity contribution is 5.81. The topological polar surface area (TPSA) is 70.2 Å². The van der Waals surface area contributed by atoms with Crippen LogP contribution in [0.5, 0.6) is 5.75 Å². The Labute approximate surface area is 207 Å². The van der Waals surface area contributed by atoms with Crippen LogP contribution >= 0.6 is 0 Å². The summed E-state index contributed by atoms with van der Waals surface area (Å²) in [5, 5.41) is 0. The molecule has 3 aromatic heterocycles. The second-order valence-corrected chi connectivity index (χ2v) is 10.1. The molecule has 0 fully saturated rings.